The molecule has 1 aliphatic rings. The molecule has 0 aromatic rings. The molecule has 1 aliphatic heterocycles. The molecule has 10 heavy (non-hydrogen) atoms. The number of hydrogen-bond donors (Lipinski definition) is 1. The van der Waals surface area contributed by atoms with Crippen molar-refractivity contribution in [2.24, 2.45) is 5.92 Å². The summed E-state index contributed by atoms with van der Waals surface area (Å²) >= 11 is 0. The Morgan fingerprint density at radius 2 is 2.30 bits per heavy atom. The molecule has 0 saturated heterocycles. The van der Waals surface area contributed by atoms with E-state index in [1.54, 1.807) is 0 Å². The van der Waals surface area contributed by atoms with Crippen LogP contribution in [0.25, 0.3) is 0 Å². The van der Waals surface area contributed by atoms with Gasteiger partial charge in [0.25, 0.3) is 0 Å². The molecule has 0 amide bonds. The Labute approximate surface area is 62.9 Å². The van der Waals surface area contributed by atoms with Gasteiger partial charge in [0.1, 0.15) is 0 Å². The second kappa shape index (κ2) is 3.06. The van der Waals surface area contributed by atoms with Crippen LogP contribution in [0.5, 0.6) is 0 Å². The summed E-state index contributed by atoms with van der Waals surface area (Å²) in [7, 11) is 2.03. The van der Waals surface area contributed by atoms with E-state index in [4.69, 9.17) is 0 Å². The zero-order valence-corrected chi connectivity index (χ0v) is 6.96. The largest absolute Gasteiger partial charge is 0.319 e. The quantitative estimate of drug-likeness (QED) is 0.591. The Morgan fingerprint density at radius 3 is 2.70 bits per heavy atom. The van der Waals surface area contributed by atoms with Gasteiger partial charge in [0, 0.05) is 19.3 Å². The lowest BCUT2D eigenvalue weighted by atomic mass is 10.0. The molecule has 1 N–H and O–H groups in total. The van der Waals surface area contributed by atoms with Crippen LogP contribution in [0.15, 0.2) is 12.3 Å². The molecule has 0 aromatic carbocycles. The first-order valence-electron chi connectivity index (χ1n) is 3.86. The van der Waals surface area contributed by atoms with Crippen molar-refractivity contribution in [3.05, 3.63) is 12.3 Å². The zero-order valence-electron chi connectivity index (χ0n) is 6.96. The third-order valence-electron chi connectivity index (χ3n) is 1.89. The monoisotopic (exact) mass is 140 g/mol. The van der Waals surface area contributed by atoms with E-state index < -0.39 is 0 Å². The predicted octanol–water partition coefficient (Wildman–Crippen LogP) is 1.36. The Bertz CT molecular complexity index is 129. The molecule has 2 nitrogen and oxygen atoms in total. The van der Waals surface area contributed by atoms with Crippen LogP contribution in [0, 0.1) is 5.92 Å². The molecule has 0 fully saturated rings. The summed E-state index contributed by atoms with van der Waals surface area (Å²) in [6.45, 7) is 4.48. The molecular weight excluding hydrogens is 124 g/mol. The van der Waals surface area contributed by atoms with E-state index in [9.17, 15) is 0 Å². The molecule has 1 unspecified atom stereocenters. The Balaban J connectivity index is 2.44. The molecule has 2 heteroatoms. The molecule has 0 aliphatic carbocycles. The minimum absolute atomic E-state index is 0.620. The minimum atomic E-state index is 0.620. The second-order valence-electron chi connectivity index (χ2n) is 3.21. The fourth-order valence-electron chi connectivity index (χ4n) is 1.14. The third kappa shape index (κ3) is 1.74. The topological polar surface area (TPSA) is 15.3 Å². The smallest absolute Gasteiger partial charge is 0.0320 e. The molecule has 0 saturated carbocycles. The third-order valence-corrected chi connectivity index (χ3v) is 1.89. The first-order valence-corrected chi connectivity index (χ1v) is 3.86. The summed E-state index contributed by atoms with van der Waals surface area (Å²) in [6.07, 6.45) is 5.43. The molecule has 0 aromatic heterocycles. The molecular formula is C8H16N2. The van der Waals surface area contributed by atoms with Crippen LogP contribution in [0.4, 0.5) is 0 Å². The van der Waals surface area contributed by atoms with E-state index in [0.717, 1.165) is 6.42 Å². The van der Waals surface area contributed by atoms with Crippen molar-refractivity contribution in [3.63, 3.8) is 0 Å². The summed E-state index contributed by atoms with van der Waals surface area (Å²) in [4.78, 5) is 0. The van der Waals surface area contributed by atoms with E-state index >= 15 is 0 Å². The summed E-state index contributed by atoms with van der Waals surface area (Å²) in [5.41, 5.74) is 3.36. The fraction of sp³-hybridized carbons (Fsp3) is 0.750. The van der Waals surface area contributed by atoms with Crippen molar-refractivity contribution in [2.45, 2.75) is 26.3 Å². The van der Waals surface area contributed by atoms with Gasteiger partial charge in [0.05, 0.1) is 0 Å². The van der Waals surface area contributed by atoms with Gasteiger partial charge in [-0.1, -0.05) is 19.9 Å². The molecule has 1 atom stereocenters. The van der Waals surface area contributed by atoms with Gasteiger partial charge in [-0.15, -0.1) is 0 Å². The van der Waals surface area contributed by atoms with Crippen molar-refractivity contribution in [1.82, 2.24) is 10.4 Å². The molecule has 0 bridgehead atoms. The van der Waals surface area contributed by atoms with Crippen LogP contribution in [-0.4, -0.2) is 18.1 Å². The van der Waals surface area contributed by atoms with Crippen molar-refractivity contribution in [1.29, 1.82) is 0 Å². The average Bonchev–Trinajstić information content (AvgIpc) is 1.88. The van der Waals surface area contributed by atoms with E-state index in [1.807, 2.05) is 12.1 Å². The van der Waals surface area contributed by atoms with Gasteiger partial charge in [0.2, 0.25) is 0 Å². The van der Waals surface area contributed by atoms with Crippen molar-refractivity contribution in [2.75, 3.05) is 7.05 Å². The Kier molecular flexibility index (Phi) is 2.33. The lowest BCUT2D eigenvalue weighted by Gasteiger charge is -2.30. The van der Waals surface area contributed by atoms with Gasteiger partial charge >= 0.3 is 0 Å². The van der Waals surface area contributed by atoms with E-state index in [2.05, 4.69) is 31.5 Å². The zero-order chi connectivity index (χ0) is 7.56. The van der Waals surface area contributed by atoms with E-state index in [0.29, 0.717) is 12.0 Å². The van der Waals surface area contributed by atoms with Gasteiger partial charge in [-0.2, -0.15) is 0 Å². The maximum absolute atomic E-state index is 3.36. The van der Waals surface area contributed by atoms with Crippen LogP contribution < -0.4 is 5.43 Å². The van der Waals surface area contributed by atoms with Crippen LogP contribution in [0.1, 0.15) is 20.3 Å². The van der Waals surface area contributed by atoms with Gasteiger partial charge < -0.3 is 5.01 Å². The van der Waals surface area contributed by atoms with Gasteiger partial charge in [-0.05, 0) is 12.3 Å². The van der Waals surface area contributed by atoms with Gasteiger partial charge in [-0.3, -0.25) is 0 Å². The minimum Gasteiger partial charge on any atom is -0.319 e. The number of rotatable bonds is 1. The number of hydrazine groups is 1. The average molecular weight is 140 g/mol. The highest BCUT2D eigenvalue weighted by Crippen LogP contribution is 2.10. The molecule has 1 rings (SSSR count). The highest BCUT2D eigenvalue weighted by Gasteiger charge is 2.14. The normalized spacial score (nSPS) is 26.0. The van der Waals surface area contributed by atoms with Crippen molar-refractivity contribution < 1.29 is 0 Å². The first-order chi connectivity index (χ1) is 4.70. The fourth-order valence-corrected chi connectivity index (χ4v) is 1.14. The second-order valence-corrected chi connectivity index (χ2v) is 3.21. The van der Waals surface area contributed by atoms with Gasteiger partial charge in [-0.25, -0.2) is 5.43 Å². The first kappa shape index (κ1) is 7.61. The Morgan fingerprint density at radius 1 is 1.60 bits per heavy atom. The van der Waals surface area contributed by atoms with Crippen LogP contribution in [0.3, 0.4) is 0 Å². The highest BCUT2D eigenvalue weighted by molar-refractivity contribution is 4.90. The maximum Gasteiger partial charge on any atom is 0.0320 e. The summed E-state index contributed by atoms with van der Waals surface area (Å²) in [5, 5.41) is 2.02. The SMILES string of the molecule is CC(C)C1CC=CN(C)N1. The molecule has 0 spiro atoms. The predicted molar refractivity (Wildman–Crippen MR) is 43.3 cm³/mol. The highest BCUT2D eigenvalue weighted by atomic mass is 15.5. The van der Waals surface area contributed by atoms with Crippen LogP contribution in [0.2, 0.25) is 0 Å². The Hall–Kier alpha value is -0.500. The summed E-state index contributed by atoms with van der Waals surface area (Å²) in [6, 6.07) is 0.620. The van der Waals surface area contributed by atoms with E-state index in [1.165, 1.54) is 0 Å². The maximum atomic E-state index is 3.36. The van der Waals surface area contributed by atoms with Crippen LogP contribution >= 0.6 is 0 Å². The number of nitrogens with one attached hydrogen (secondary N) is 1. The lowest BCUT2D eigenvalue weighted by Crippen LogP contribution is -2.44. The van der Waals surface area contributed by atoms with E-state index in [-0.39, 0.29) is 0 Å². The van der Waals surface area contributed by atoms with Gasteiger partial charge in [0.15, 0.2) is 0 Å². The van der Waals surface area contributed by atoms with Crippen molar-refractivity contribution in [3.8, 4) is 0 Å². The molecule has 58 valence electrons. The standard InChI is InChI=1S/C8H16N2/c1-7(2)8-5-4-6-10(3)9-8/h4,6-9H,5H2,1-3H3. The summed E-state index contributed by atoms with van der Waals surface area (Å²) in [5.74, 6) is 0.715. The number of hydrogen-bond acceptors (Lipinski definition) is 2. The molecule has 1 heterocycles. The summed E-state index contributed by atoms with van der Waals surface area (Å²) < 4.78 is 0. The van der Waals surface area contributed by atoms with Crippen molar-refractivity contribution >= 4 is 0 Å². The molecule has 0 radical (unpaired) electrons. The number of nitrogens with zero attached hydrogens (tertiary/aromatic N) is 1. The van der Waals surface area contributed by atoms with Crippen LogP contribution in [-0.2, 0) is 0 Å². The lowest BCUT2D eigenvalue weighted by molar-refractivity contribution is 0.218.